The second-order valence-corrected chi connectivity index (χ2v) is 4.73. The predicted octanol–water partition coefficient (Wildman–Crippen LogP) is 4.23. The molecule has 0 spiro atoms. The fraction of sp³-hybridized carbons (Fsp3) is 0.125. The molecule has 0 aliphatic rings. The molecule has 1 aromatic heterocycles. The van der Waals surface area contributed by atoms with Gasteiger partial charge in [0.15, 0.2) is 0 Å². The first-order valence-electron chi connectivity index (χ1n) is 6.28. The second-order valence-electron chi connectivity index (χ2n) is 4.73. The molecule has 96 valence electrons. The van der Waals surface area contributed by atoms with Crippen LogP contribution in [-0.4, -0.2) is 4.98 Å². The van der Waals surface area contributed by atoms with E-state index in [0.29, 0.717) is 6.54 Å². The molecule has 0 bridgehead atoms. The minimum Gasteiger partial charge on any atom is -0.381 e. The first-order valence-corrected chi connectivity index (χ1v) is 6.28. The van der Waals surface area contributed by atoms with Crippen molar-refractivity contribution in [3.05, 3.63) is 65.6 Å². The molecular formula is C16H15FN2. The summed E-state index contributed by atoms with van der Waals surface area (Å²) in [6.07, 6.45) is 1.93. The van der Waals surface area contributed by atoms with Gasteiger partial charge in [-0.3, -0.25) is 0 Å². The van der Waals surface area contributed by atoms with E-state index in [2.05, 4.69) is 22.4 Å². The fourth-order valence-corrected chi connectivity index (χ4v) is 2.34. The van der Waals surface area contributed by atoms with Crippen molar-refractivity contribution in [2.75, 3.05) is 5.32 Å². The summed E-state index contributed by atoms with van der Waals surface area (Å²) in [6.45, 7) is 2.57. The number of anilines is 1. The van der Waals surface area contributed by atoms with Gasteiger partial charge in [0.1, 0.15) is 5.82 Å². The van der Waals surface area contributed by atoms with Crippen molar-refractivity contribution >= 4 is 16.6 Å². The van der Waals surface area contributed by atoms with E-state index in [0.717, 1.165) is 16.8 Å². The van der Waals surface area contributed by atoms with Gasteiger partial charge in [-0.2, -0.15) is 0 Å². The molecule has 0 amide bonds. The number of aromatic nitrogens is 1. The van der Waals surface area contributed by atoms with Crippen molar-refractivity contribution < 1.29 is 4.39 Å². The topological polar surface area (TPSA) is 27.8 Å². The number of aromatic amines is 1. The molecule has 0 radical (unpaired) electrons. The molecule has 0 aliphatic heterocycles. The lowest BCUT2D eigenvalue weighted by atomic mass is 10.1. The number of hydrogen-bond acceptors (Lipinski definition) is 1. The zero-order valence-corrected chi connectivity index (χ0v) is 10.7. The van der Waals surface area contributed by atoms with Crippen LogP contribution in [0.2, 0.25) is 0 Å². The van der Waals surface area contributed by atoms with Crippen LogP contribution >= 0.6 is 0 Å². The lowest BCUT2D eigenvalue weighted by Gasteiger charge is -2.09. The molecule has 0 unspecified atom stereocenters. The van der Waals surface area contributed by atoms with E-state index in [9.17, 15) is 4.39 Å². The number of fused-ring (bicyclic) bond motifs is 1. The third kappa shape index (κ3) is 2.45. The molecular weight excluding hydrogens is 239 g/mol. The molecule has 1 heterocycles. The van der Waals surface area contributed by atoms with Crippen LogP contribution in [0.1, 0.15) is 11.1 Å². The molecule has 0 atom stereocenters. The Kier molecular flexibility index (Phi) is 2.95. The summed E-state index contributed by atoms with van der Waals surface area (Å²) in [5.74, 6) is -0.206. The van der Waals surface area contributed by atoms with E-state index in [4.69, 9.17) is 0 Å². The van der Waals surface area contributed by atoms with E-state index in [1.54, 1.807) is 0 Å². The summed E-state index contributed by atoms with van der Waals surface area (Å²) in [4.78, 5) is 3.19. The average Bonchev–Trinajstić information content (AvgIpc) is 2.83. The Morgan fingerprint density at radius 3 is 2.89 bits per heavy atom. The SMILES string of the molecule is Cc1cc(F)cc(NCc2cccc3[nH]ccc23)c1. The van der Waals surface area contributed by atoms with Gasteiger partial charge in [0, 0.05) is 29.3 Å². The Morgan fingerprint density at radius 2 is 2.05 bits per heavy atom. The minimum atomic E-state index is -0.206. The van der Waals surface area contributed by atoms with E-state index in [1.807, 2.05) is 31.3 Å². The number of rotatable bonds is 3. The zero-order valence-electron chi connectivity index (χ0n) is 10.7. The highest BCUT2D eigenvalue weighted by atomic mass is 19.1. The summed E-state index contributed by atoms with van der Waals surface area (Å²) in [5, 5.41) is 4.47. The highest BCUT2D eigenvalue weighted by Crippen LogP contribution is 2.19. The molecule has 2 aromatic carbocycles. The molecule has 0 saturated heterocycles. The molecule has 3 heteroatoms. The number of halogens is 1. The Hall–Kier alpha value is -2.29. The lowest BCUT2D eigenvalue weighted by molar-refractivity contribution is 0.627. The standard InChI is InChI=1S/C16H15FN2/c1-11-7-13(17)9-14(8-11)19-10-12-3-2-4-16-15(12)5-6-18-16/h2-9,18-19H,10H2,1H3. The molecule has 3 rings (SSSR count). The maximum Gasteiger partial charge on any atom is 0.125 e. The second kappa shape index (κ2) is 4.76. The summed E-state index contributed by atoms with van der Waals surface area (Å²) < 4.78 is 13.3. The first-order chi connectivity index (χ1) is 9.22. The Labute approximate surface area is 111 Å². The van der Waals surface area contributed by atoms with Crippen molar-refractivity contribution in [3.63, 3.8) is 0 Å². The van der Waals surface area contributed by atoms with Crippen LogP contribution in [0.3, 0.4) is 0 Å². The van der Waals surface area contributed by atoms with Gasteiger partial charge < -0.3 is 10.3 Å². The Bertz CT molecular complexity index is 695. The maximum atomic E-state index is 13.3. The number of nitrogens with one attached hydrogen (secondary N) is 2. The number of aryl methyl sites for hydroxylation is 1. The first kappa shape index (κ1) is 11.8. The van der Waals surface area contributed by atoms with E-state index in [-0.39, 0.29) is 5.82 Å². The number of benzene rings is 2. The van der Waals surface area contributed by atoms with Crippen molar-refractivity contribution in [3.8, 4) is 0 Å². The van der Waals surface area contributed by atoms with Gasteiger partial charge >= 0.3 is 0 Å². The third-order valence-electron chi connectivity index (χ3n) is 3.21. The van der Waals surface area contributed by atoms with E-state index >= 15 is 0 Å². The molecule has 2 nitrogen and oxygen atoms in total. The fourth-order valence-electron chi connectivity index (χ4n) is 2.34. The average molecular weight is 254 g/mol. The van der Waals surface area contributed by atoms with Gasteiger partial charge in [-0.05, 0) is 48.4 Å². The van der Waals surface area contributed by atoms with Gasteiger partial charge in [0.05, 0.1) is 0 Å². The van der Waals surface area contributed by atoms with Crippen LogP contribution in [0, 0.1) is 12.7 Å². The van der Waals surface area contributed by atoms with Gasteiger partial charge in [0.2, 0.25) is 0 Å². The normalized spacial score (nSPS) is 10.8. The summed E-state index contributed by atoms with van der Waals surface area (Å²) in [5.41, 5.74) is 4.04. The van der Waals surface area contributed by atoms with Crippen LogP contribution in [0.25, 0.3) is 10.9 Å². The maximum absolute atomic E-state index is 13.3. The van der Waals surface area contributed by atoms with Gasteiger partial charge in [-0.15, -0.1) is 0 Å². The van der Waals surface area contributed by atoms with Crippen LogP contribution < -0.4 is 5.32 Å². The summed E-state index contributed by atoms with van der Waals surface area (Å²) >= 11 is 0. The largest absolute Gasteiger partial charge is 0.381 e. The molecule has 19 heavy (non-hydrogen) atoms. The van der Waals surface area contributed by atoms with Crippen LogP contribution in [-0.2, 0) is 6.54 Å². The van der Waals surface area contributed by atoms with Crippen LogP contribution in [0.5, 0.6) is 0 Å². The molecule has 0 fully saturated rings. The lowest BCUT2D eigenvalue weighted by Crippen LogP contribution is -2.00. The molecule has 0 aliphatic carbocycles. The van der Waals surface area contributed by atoms with Gasteiger partial charge in [-0.1, -0.05) is 12.1 Å². The monoisotopic (exact) mass is 254 g/mol. The third-order valence-corrected chi connectivity index (χ3v) is 3.21. The predicted molar refractivity (Wildman–Crippen MR) is 76.8 cm³/mol. The minimum absolute atomic E-state index is 0.206. The molecule has 3 aromatic rings. The highest BCUT2D eigenvalue weighted by molar-refractivity contribution is 5.83. The van der Waals surface area contributed by atoms with Crippen LogP contribution in [0.4, 0.5) is 10.1 Å². The quantitative estimate of drug-likeness (QED) is 0.719. The summed E-state index contributed by atoms with van der Waals surface area (Å²) in [6, 6.07) is 13.2. The summed E-state index contributed by atoms with van der Waals surface area (Å²) in [7, 11) is 0. The van der Waals surface area contributed by atoms with Crippen molar-refractivity contribution in [2.45, 2.75) is 13.5 Å². The number of hydrogen-bond donors (Lipinski definition) is 2. The Morgan fingerprint density at radius 1 is 1.16 bits per heavy atom. The van der Waals surface area contributed by atoms with Crippen LogP contribution in [0.15, 0.2) is 48.7 Å². The van der Waals surface area contributed by atoms with Gasteiger partial charge in [0.25, 0.3) is 0 Å². The molecule has 2 N–H and O–H groups in total. The van der Waals surface area contributed by atoms with E-state index < -0.39 is 0 Å². The highest BCUT2D eigenvalue weighted by Gasteiger charge is 2.02. The smallest absolute Gasteiger partial charge is 0.125 e. The molecule has 0 saturated carbocycles. The van der Waals surface area contributed by atoms with E-state index in [1.165, 1.54) is 23.1 Å². The van der Waals surface area contributed by atoms with Crippen molar-refractivity contribution in [1.82, 2.24) is 4.98 Å². The van der Waals surface area contributed by atoms with Crippen molar-refractivity contribution in [2.24, 2.45) is 0 Å². The van der Waals surface area contributed by atoms with Crippen molar-refractivity contribution in [1.29, 1.82) is 0 Å². The zero-order chi connectivity index (χ0) is 13.2. The Balaban J connectivity index is 1.84. The van der Waals surface area contributed by atoms with Gasteiger partial charge in [-0.25, -0.2) is 4.39 Å². The number of H-pyrrole nitrogens is 1.